The second-order valence-corrected chi connectivity index (χ2v) is 4.89. The second kappa shape index (κ2) is 4.97. The van der Waals surface area contributed by atoms with E-state index in [-0.39, 0.29) is 0 Å². The molecule has 0 saturated carbocycles. The lowest BCUT2D eigenvalue weighted by molar-refractivity contribution is -0.00930. The van der Waals surface area contributed by atoms with Crippen LogP contribution in [0.15, 0.2) is 0 Å². The van der Waals surface area contributed by atoms with Crippen LogP contribution < -0.4 is 5.32 Å². The van der Waals surface area contributed by atoms with E-state index in [2.05, 4.69) is 19.2 Å². The lowest BCUT2D eigenvalue weighted by Gasteiger charge is -2.31. The summed E-state index contributed by atoms with van der Waals surface area (Å²) in [5, 5.41) is 3.24. The maximum atomic E-state index is 5.73. The van der Waals surface area contributed by atoms with Crippen LogP contribution in [0.5, 0.6) is 0 Å². The van der Waals surface area contributed by atoms with Gasteiger partial charge in [-0.05, 0) is 38.1 Å². The molecular formula is C11H23NO. The van der Waals surface area contributed by atoms with Gasteiger partial charge in [0.2, 0.25) is 0 Å². The van der Waals surface area contributed by atoms with Gasteiger partial charge < -0.3 is 10.1 Å². The highest BCUT2D eigenvalue weighted by atomic mass is 16.5. The summed E-state index contributed by atoms with van der Waals surface area (Å²) in [6.07, 6.45) is 5.56. The molecule has 1 aliphatic rings. The minimum absolute atomic E-state index is 0.372. The first-order valence-electron chi connectivity index (χ1n) is 5.40. The van der Waals surface area contributed by atoms with Crippen LogP contribution in [-0.4, -0.2) is 26.3 Å². The smallest absolute Gasteiger partial charge is 0.0580 e. The molecule has 1 fully saturated rings. The molecule has 0 aromatic carbocycles. The van der Waals surface area contributed by atoms with E-state index in [0.29, 0.717) is 11.5 Å². The second-order valence-electron chi connectivity index (χ2n) is 4.89. The Balaban J connectivity index is 2.28. The molecule has 1 N–H and O–H groups in total. The molecule has 13 heavy (non-hydrogen) atoms. The molecule has 2 heteroatoms. The van der Waals surface area contributed by atoms with Crippen molar-refractivity contribution in [3.8, 4) is 0 Å². The van der Waals surface area contributed by atoms with Crippen LogP contribution >= 0.6 is 0 Å². The van der Waals surface area contributed by atoms with Gasteiger partial charge >= 0.3 is 0 Å². The summed E-state index contributed by atoms with van der Waals surface area (Å²) in [6.45, 7) is 6.66. The largest absolute Gasteiger partial charge is 0.378 e. The molecular weight excluding hydrogens is 162 g/mol. The number of hydrogen-bond acceptors (Lipinski definition) is 2. The SMILES string of the molecule is CNCC(C)(C)CC1CCCCO1. The van der Waals surface area contributed by atoms with Crippen molar-refractivity contribution in [2.24, 2.45) is 5.41 Å². The average molecular weight is 185 g/mol. The van der Waals surface area contributed by atoms with Crippen LogP contribution in [0.1, 0.15) is 39.5 Å². The van der Waals surface area contributed by atoms with Crippen LogP contribution in [-0.2, 0) is 4.74 Å². The first kappa shape index (κ1) is 11.0. The first-order chi connectivity index (χ1) is 6.14. The number of ether oxygens (including phenoxy) is 1. The Labute approximate surface area is 82.0 Å². The van der Waals surface area contributed by atoms with Crippen LogP contribution in [0, 0.1) is 5.41 Å². The van der Waals surface area contributed by atoms with Gasteiger partial charge in [0, 0.05) is 13.2 Å². The van der Waals surface area contributed by atoms with Gasteiger partial charge in [-0.15, -0.1) is 0 Å². The van der Waals surface area contributed by atoms with E-state index in [0.717, 1.165) is 13.2 Å². The summed E-state index contributed by atoms with van der Waals surface area (Å²) < 4.78 is 5.73. The molecule has 0 aromatic rings. The van der Waals surface area contributed by atoms with Gasteiger partial charge in [-0.3, -0.25) is 0 Å². The lowest BCUT2D eigenvalue weighted by Crippen LogP contribution is -2.33. The molecule has 1 aliphatic heterocycles. The Kier molecular flexibility index (Phi) is 4.20. The minimum Gasteiger partial charge on any atom is -0.378 e. The molecule has 1 rings (SSSR count). The molecule has 1 heterocycles. The third-order valence-corrected chi connectivity index (χ3v) is 2.71. The highest BCUT2D eigenvalue weighted by Gasteiger charge is 2.24. The molecule has 2 nitrogen and oxygen atoms in total. The quantitative estimate of drug-likeness (QED) is 0.725. The standard InChI is InChI=1S/C11H23NO/c1-11(2,9-12-3)8-10-6-4-5-7-13-10/h10,12H,4-9H2,1-3H3. The molecule has 0 bridgehead atoms. The number of rotatable bonds is 4. The highest BCUT2D eigenvalue weighted by molar-refractivity contribution is 4.77. The normalized spacial score (nSPS) is 24.7. The zero-order chi connectivity index (χ0) is 9.73. The third-order valence-electron chi connectivity index (χ3n) is 2.71. The van der Waals surface area contributed by atoms with Gasteiger partial charge in [-0.25, -0.2) is 0 Å². The highest BCUT2D eigenvalue weighted by Crippen LogP contribution is 2.27. The summed E-state index contributed by atoms with van der Waals surface area (Å²) in [5.74, 6) is 0. The fourth-order valence-electron chi connectivity index (χ4n) is 2.14. The van der Waals surface area contributed by atoms with E-state index in [4.69, 9.17) is 4.74 Å². The maximum Gasteiger partial charge on any atom is 0.0580 e. The van der Waals surface area contributed by atoms with Crippen LogP contribution in [0.4, 0.5) is 0 Å². The number of hydrogen-bond donors (Lipinski definition) is 1. The topological polar surface area (TPSA) is 21.3 Å². The van der Waals surface area contributed by atoms with Gasteiger partial charge in [-0.2, -0.15) is 0 Å². The van der Waals surface area contributed by atoms with Gasteiger partial charge in [0.15, 0.2) is 0 Å². The van der Waals surface area contributed by atoms with Gasteiger partial charge in [-0.1, -0.05) is 13.8 Å². The predicted octanol–water partition coefficient (Wildman–Crippen LogP) is 2.19. The summed E-state index contributed by atoms with van der Waals surface area (Å²) in [6, 6.07) is 0. The average Bonchev–Trinajstić information content (AvgIpc) is 2.04. The van der Waals surface area contributed by atoms with Crippen molar-refractivity contribution >= 4 is 0 Å². The zero-order valence-electron chi connectivity index (χ0n) is 9.23. The Morgan fingerprint density at radius 2 is 2.15 bits per heavy atom. The Morgan fingerprint density at radius 3 is 2.69 bits per heavy atom. The molecule has 0 spiro atoms. The fourth-order valence-corrected chi connectivity index (χ4v) is 2.14. The van der Waals surface area contributed by atoms with E-state index in [1.165, 1.54) is 25.7 Å². The molecule has 0 radical (unpaired) electrons. The monoisotopic (exact) mass is 185 g/mol. The maximum absolute atomic E-state index is 5.73. The van der Waals surface area contributed by atoms with Crippen molar-refractivity contribution in [3.63, 3.8) is 0 Å². The molecule has 1 unspecified atom stereocenters. The van der Waals surface area contributed by atoms with Gasteiger partial charge in [0.05, 0.1) is 6.10 Å². The van der Waals surface area contributed by atoms with Crippen molar-refractivity contribution < 1.29 is 4.74 Å². The predicted molar refractivity (Wildman–Crippen MR) is 55.9 cm³/mol. The molecule has 1 atom stereocenters. The van der Waals surface area contributed by atoms with Gasteiger partial charge in [0.25, 0.3) is 0 Å². The fraction of sp³-hybridized carbons (Fsp3) is 1.00. The number of nitrogens with one attached hydrogen (secondary N) is 1. The van der Waals surface area contributed by atoms with Gasteiger partial charge in [0.1, 0.15) is 0 Å². The molecule has 78 valence electrons. The third kappa shape index (κ3) is 4.10. The van der Waals surface area contributed by atoms with E-state index < -0.39 is 0 Å². The van der Waals surface area contributed by atoms with E-state index >= 15 is 0 Å². The van der Waals surface area contributed by atoms with Crippen molar-refractivity contribution in [1.29, 1.82) is 0 Å². The molecule has 0 aliphatic carbocycles. The first-order valence-corrected chi connectivity index (χ1v) is 5.40. The lowest BCUT2D eigenvalue weighted by atomic mass is 9.84. The summed E-state index contributed by atoms with van der Waals surface area (Å²) in [4.78, 5) is 0. The molecule has 0 aromatic heterocycles. The van der Waals surface area contributed by atoms with Crippen LogP contribution in [0.2, 0.25) is 0 Å². The summed E-state index contributed by atoms with van der Waals surface area (Å²) >= 11 is 0. The summed E-state index contributed by atoms with van der Waals surface area (Å²) in [5.41, 5.74) is 0.372. The molecule has 1 saturated heterocycles. The van der Waals surface area contributed by atoms with Crippen molar-refractivity contribution in [2.45, 2.75) is 45.6 Å². The van der Waals surface area contributed by atoms with E-state index in [9.17, 15) is 0 Å². The van der Waals surface area contributed by atoms with E-state index in [1.54, 1.807) is 0 Å². The van der Waals surface area contributed by atoms with E-state index in [1.807, 2.05) is 7.05 Å². The Morgan fingerprint density at radius 1 is 1.38 bits per heavy atom. The van der Waals surface area contributed by atoms with Crippen molar-refractivity contribution in [1.82, 2.24) is 5.32 Å². The Hall–Kier alpha value is -0.0800. The van der Waals surface area contributed by atoms with Crippen molar-refractivity contribution in [2.75, 3.05) is 20.2 Å². The summed E-state index contributed by atoms with van der Waals surface area (Å²) in [7, 11) is 2.02. The molecule has 0 amide bonds. The zero-order valence-corrected chi connectivity index (χ0v) is 9.23. The minimum atomic E-state index is 0.372. The van der Waals surface area contributed by atoms with Crippen molar-refractivity contribution in [3.05, 3.63) is 0 Å². The Bertz CT molecular complexity index is 139. The van der Waals surface area contributed by atoms with Crippen LogP contribution in [0.3, 0.4) is 0 Å². The van der Waals surface area contributed by atoms with Crippen LogP contribution in [0.25, 0.3) is 0 Å².